The van der Waals surface area contributed by atoms with Gasteiger partial charge in [-0.25, -0.2) is 4.98 Å². The number of halogens is 2. The number of nitrogens with zero attached hydrogens (tertiary/aromatic N) is 2. The van der Waals surface area contributed by atoms with Crippen molar-refractivity contribution in [1.29, 1.82) is 0 Å². The van der Waals surface area contributed by atoms with E-state index in [1.54, 1.807) is 12.3 Å². The number of aryl methyl sites for hydroxylation is 1. The topological polar surface area (TPSA) is 43.0 Å². The molecule has 2 aromatic heterocycles. The van der Waals surface area contributed by atoms with Crippen LogP contribution in [0.4, 0.5) is 8.78 Å². The zero-order chi connectivity index (χ0) is 14.4. The number of hydrogen-bond donors (Lipinski definition) is 1. The molecule has 1 N–H and O–H groups in total. The number of imidazole rings is 1. The minimum absolute atomic E-state index is 0.199. The summed E-state index contributed by atoms with van der Waals surface area (Å²) in [5, 5.41) is 3.24. The Morgan fingerprint density at radius 2 is 2.20 bits per heavy atom. The van der Waals surface area contributed by atoms with E-state index in [2.05, 4.69) is 10.3 Å². The molecule has 0 amide bonds. The molecule has 0 unspecified atom stereocenters. The van der Waals surface area contributed by atoms with Crippen molar-refractivity contribution < 1.29 is 13.2 Å². The lowest BCUT2D eigenvalue weighted by atomic mass is 10.3. The molecule has 2 rings (SSSR count). The number of alkyl halides is 2. The van der Waals surface area contributed by atoms with Crippen molar-refractivity contribution in [2.75, 3.05) is 6.54 Å². The molecule has 0 aliphatic heterocycles. The molecule has 0 fully saturated rings. The molecule has 0 spiro atoms. The van der Waals surface area contributed by atoms with Gasteiger partial charge in [-0.1, -0.05) is 11.8 Å². The van der Waals surface area contributed by atoms with Gasteiger partial charge in [0.1, 0.15) is 17.3 Å². The number of hydrogen-bond acceptors (Lipinski definition) is 4. The molecule has 0 aliphatic carbocycles. The number of furan rings is 1. The van der Waals surface area contributed by atoms with Crippen LogP contribution in [-0.4, -0.2) is 21.9 Å². The second-order valence-electron chi connectivity index (χ2n) is 4.32. The molecular weight excluding hydrogens is 284 g/mol. The maximum absolute atomic E-state index is 12.0. The quantitative estimate of drug-likeness (QED) is 0.761. The summed E-state index contributed by atoms with van der Waals surface area (Å²) in [7, 11) is 1.96. The maximum atomic E-state index is 12.0. The molecule has 0 atom stereocenters. The van der Waals surface area contributed by atoms with Gasteiger partial charge in [0.05, 0.1) is 12.3 Å². The van der Waals surface area contributed by atoms with Crippen molar-refractivity contribution in [3.63, 3.8) is 0 Å². The Morgan fingerprint density at radius 1 is 1.40 bits per heavy atom. The normalized spacial score (nSPS) is 11.4. The lowest BCUT2D eigenvalue weighted by molar-refractivity contribution is 0.251. The average molecular weight is 301 g/mol. The maximum Gasteiger partial charge on any atom is 0.284 e. The molecule has 0 aromatic carbocycles. The number of aromatic nitrogens is 2. The minimum atomic E-state index is -2.36. The molecule has 0 saturated heterocycles. The number of nitrogens with one attached hydrogen (secondary N) is 1. The Hall–Kier alpha value is -1.34. The fourth-order valence-corrected chi connectivity index (χ4v) is 2.23. The van der Waals surface area contributed by atoms with Gasteiger partial charge < -0.3 is 14.3 Å². The summed E-state index contributed by atoms with van der Waals surface area (Å²) in [4.78, 5) is 4.23. The first-order chi connectivity index (χ1) is 9.65. The molecule has 2 heterocycles. The molecule has 4 nitrogen and oxygen atoms in total. The van der Waals surface area contributed by atoms with Crippen LogP contribution in [0.3, 0.4) is 0 Å². The van der Waals surface area contributed by atoms with E-state index in [0.717, 1.165) is 24.6 Å². The van der Waals surface area contributed by atoms with Crippen molar-refractivity contribution in [2.45, 2.75) is 24.5 Å². The molecule has 7 heteroatoms. The van der Waals surface area contributed by atoms with E-state index >= 15 is 0 Å². The standard InChI is InChI=1S/C13H17F2N3OS/c1-18-7-6-17-12(18)4-5-16-8-10-2-3-11(19-10)9-20-13(14)15/h2-3,6-7,13,16H,4-5,8-9H2,1H3. The van der Waals surface area contributed by atoms with E-state index in [1.807, 2.05) is 23.9 Å². The van der Waals surface area contributed by atoms with E-state index < -0.39 is 5.76 Å². The number of rotatable bonds is 8. The predicted molar refractivity (Wildman–Crippen MR) is 74.6 cm³/mol. The summed E-state index contributed by atoms with van der Waals surface area (Å²) < 4.78 is 31.5. The van der Waals surface area contributed by atoms with E-state index in [4.69, 9.17) is 4.42 Å². The van der Waals surface area contributed by atoms with Gasteiger partial charge >= 0.3 is 0 Å². The molecular formula is C13H17F2N3OS. The van der Waals surface area contributed by atoms with Crippen LogP contribution < -0.4 is 5.32 Å². The summed E-state index contributed by atoms with van der Waals surface area (Å²) in [6, 6.07) is 3.56. The molecule has 0 bridgehead atoms. The van der Waals surface area contributed by atoms with Crippen LogP contribution in [0.25, 0.3) is 0 Å². The van der Waals surface area contributed by atoms with Crippen LogP contribution in [0.1, 0.15) is 17.3 Å². The summed E-state index contributed by atoms with van der Waals surface area (Å²) in [5.41, 5.74) is 0. The second kappa shape index (κ2) is 7.44. The zero-order valence-corrected chi connectivity index (χ0v) is 12.0. The highest BCUT2D eigenvalue weighted by molar-refractivity contribution is 7.98. The van der Waals surface area contributed by atoms with Crippen molar-refractivity contribution >= 4 is 11.8 Å². The largest absolute Gasteiger partial charge is 0.464 e. The van der Waals surface area contributed by atoms with Gasteiger partial charge in [0, 0.05) is 32.4 Å². The summed E-state index contributed by atoms with van der Waals surface area (Å²) in [6.07, 6.45) is 4.52. The van der Waals surface area contributed by atoms with Gasteiger partial charge in [0.2, 0.25) is 0 Å². The third-order valence-electron chi connectivity index (χ3n) is 2.81. The van der Waals surface area contributed by atoms with Crippen molar-refractivity contribution in [3.05, 3.63) is 41.9 Å². The predicted octanol–water partition coefficient (Wildman–Crippen LogP) is 2.80. The van der Waals surface area contributed by atoms with E-state index in [1.165, 1.54) is 0 Å². The first-order valence-corrected chi connectivity index (χ1v) is 7.34. The third-order valence-corrected chi connectivity index (χ3v) is 3.52. The molecule has 0 saturated carbocycles. The van der Waals surface area contributed by atoms with Crippen LogP contribution in [-0.2, 0) is 25.8 Å². The fourth-order valence-electron chi connectivity index (χ4n) is 1.79. The zero-order valence-electron chi connectivity index (χ0n) is 11.2. The Labute approximate surface area is 120 Å². The van der Waals surface area contributed by atoms with Crippen LogP contribution in [0.5, 0.6) is 0 Å². The van der Waals surface area contributed by atoms with Crippen molar-refractivity contribution in [2.24, 2.45) is 7.05 Å². The summed E-state index contributed by atoms with van der Waals surface area (Å²) in [6.45, 7) is 1.37. The first-order valence-electron chi connectivity index (χ1n) is 6.29. The first kappa shape index (κ1) is 15.1. The Bertz CT molecular complexity index is 527. The van der Waals surface area contributed by atoms with Gasteiger partial charge in [-0.2, -0.15) is 8.78 Å². The SMILES string of the molecule is Cn1ccnc1CCNCc1ccc(CSC(F)F)o1. The fraction of sp³-hybridized carbons (Fsp3) is 0.462. The van der Waals surface area contributed by atoms with E-state index in [-0.39, 0.29) is 5.75 Å². The second-order valence-corrected chi connectivity index (χ2v) is 5.30. The lowest BCUT2D eigenvalue weighted by Gasteiger charge is -2.03. The highest BCUT2D eigenvalue weighted by Crippen LogP contribution is 2.21. The van der Waals surface area contributed by atoms with Crippen LogP contribution >= 0.6 is 11.8 Å². The monoisotopic (exact) mass is 301 g/mol. The van der Waals surface area contributed by atoms with Crippen LogP contribution in [0, 0.1) is 0 Å². The average Bonchev–Trinajstić information content (AvgIpc) is 3.02. The number of thioether (sulfide) groups is 1. The minimum Gasteiger partial charge on any atom is -0.464 e. The Kier molecular flexibility index (Phi) is 5.60. The molecule has 20 heavy (non-hydrogen) atoms. The lowest BCUT2D eigenvalue weighted by Crippen LogP contribution is -2.17. The van der Waals surface area contributed by atoms with Crippen LogP contribution in [0.2, 0.25) is 0 Å². The van der Waals surface area contributed by atoms with Gasteiger partial charge in [0.15, 0.2) is 0 Å². The summed E-state index contributed by atoms with van der Waals surface area (Å²) in [5.74, 6) is 0.196. The van der Waals surface area contributed by atoms with Crippen molar-refractivity contribution in [3.8, 4) is 0 Å². The highest BCUT2D eigenvalue weighted by atomic mass is 32.2. The van der Waals surface area contributed by atoms with E-state index in [0.29, 0.717) is 24.1 Å². The Balaban J connectivity index is 1.68. The third kappa shape index (κ3) is 4.64. The van der Waals surface area contributed by atoms with Gasteiger partial charge in [0.25, 0.3) is 5.76 Å². The molecule has 0 radical (unpaired) electrons. The Morgan fingerprint density at radius 3 is 2.90 bits per heavy atom. The van der Waals surface area contributed by atoms with Crippen molar-refractivity contribution in [1.82, 2.24) is 14.9 Å². The smallest absolute Gasteiger partial charge is 0.284 e. The molecule has 110 valence electrons. The van der Waals surface area contributed by atoms with Gasteiger partial charge in [-0.3, -0.25) is 0 Å². The summed E-state index contributed by atoms with van der Waals surface area (Å²) >= 11 is 0.567. The highest BCUT2D eigenvalue weighted by Gasteiger charge is 2.07. The van der Waals surface area contributed by atoms with Gasteiger partial charge in [-0.05, 0) is 12.1 Å². The van der Waals surface area contributed by atoms with E-state index in [9.17, 15) is 8.78 Å². The van der Waals surface area contributed by atoms with Gasteiger partial charge in [-0.15, -0.1) is 0 Å². The molecule has 2 aromatic rings. The molecule has 0 aliphatic rings. The van der Waals surface area contributed by atoms with Crippen LogP contribution in [0.15, 0.2) is 28.9 Å².